The molecule has 0 spiro atoms. The molecule has 0 saturated carbocycles. The fourth-order valence-electron chi connectivity index (χ4n) is 4.62. The highest BCUT2D eigenvalue weighted by Gasteiger charge is 2.36. The predicted molar refractivity (Wildman–Crippen MR) is 144 cm³/mol. The summed E-state index contributed by atoms with van der Waals surface area (Å²) >= 11 is 0. The van der Waals surface area contributed by atoms with Gasteiger partial charge in [0.25, 0.3) is 0 Å². The number of hydrogen-bond donors (Lipinski definition) is 1. The summed E-state index contributed by atoms with van der Waals surface area (Å²) < 4.78 is 11.9. The summed E-state index contributed by atoms with van der Waals surface area (Å²) in [5.74, 6) is -0.290. The molecule has 0 radical (unpaired) electrons. The molecule has 7 nitrogen and oxygen atoms in total. The number of piperidine rings is 1. The molecule has 0 bridgehead atoms. The van der Waals surface area contributed by atoms with Crippen LogP contribution in [0.1, 0.15) is 91.0 Å². The van der Waals surface area contributed by atoms with E-state index in [1.807, 2.05) is 46.0 Å². The Labute approximate surface area is 216 Å². The maximum atomic E-state index is 12.5. The normalized spacial score (nSPS) is 16.6. The van der Waals surface area contributed by atoms with Crippen molar-refractivity contribution in [3.63, 3.8) is 0 Å². The van der Waals surface area contributed by atoms with E-state index in [4.69, 9.17) is 14.5 Å². The Morgan fingerprint density at radius 3 is 2.39 bits per heavy atom. The molecule has 2 aromatic heterocycles. The maximum absolute atomic E-state index is 12.5. The smallest absolute Gasteiger partial charge is 0.337 e. The van der Waals surface area contributed by atoms with Gasteiger partial charge in [-0.3, -0.25) is 9.97 Å². The molecule has 0 aliphatic carbocycles. The number of aromatic nitrogens is 2. The fraction of sp³-hybridized carbons (Fsp3) is 0.621. The van der Waals surface area contributed by atoms with Crippen LogP contribution in [0.5, 0.6) is 5.75 Å². The molecule has 3 rings (SSSR count). The van der Waals surface area contributed by atoms with Crippen LogP contribution >= 0.6 is 0 Å². The Hall–Kier alpha value is -2.67. The van der Waals surface area contributed by atoms with Crippen molar-refractivity contribution in [2.45, 2.75) is 92.3 Å². The van der Waals surface area contributed by atoms with Crippen molar-refractivity contribution in [2.75, 3.05) is 24.6 Å². The van der Waals surface area contributed by atoms with Crippen LogP contribution in [0.15, 0.2) is 24.5 Å². The summed E-state index contributed by atoms with van der Waals surface area (Å²) in [4.78, 5) is 24.2. The van der Waals surface area contributed by atoms with Crippen molar-refractivity contribution in [2.24, 2.45) is 5.41 Å². The first-order chi connectivity index (χ1) is 17.0. The lowest BCUT2D eigenvalue weighted by molar-refractivity contribution is -0.160. The van der Waals surface area contributed by atoms with Gasteiger partial charge in [0, 0.05) is 36.1 Å². The second kappa shape index (κ2) is 11.6. The van der Waals surface area contributed by atoms with Gasteiger partial charge in [-0.1, -0.05) is 33.6 Å². The van der Waals surface area contributed by atoms with Crippen LogP contribution < -0.4 is 9.64 Å². The van der Waals surface area contributed by atoms with Crippen LogP contribution in [0.25, 0.3) is 11.3 Å². The van der Waals surface area contributed by atoms with Gasteiger partial charge < -0.3 is 19.5 Å². The number of ether oxygens (including phenoxy) is 2. The van der Waals surface area contributed by atoms with Gasteiger partial charge >= 0.3 is 5.97 Å². The topological polar surface area (TPSA) is 84.8 Å². The Bertz CT molecular complexity index is 1020. The van der Waals surface area contributed by atoms with Crippen molar-refractivity contribution in [1.29, 1.82) is 0 Å². The molecule has 0 amide bonds. The highest BCUT2D eigenvalue weighted by Crippen LogP contribution is 2.43. The summed E-state index contributed by atoms with van der Waals surface area (Å²) in [5.41, 5.74) is 3.35. The first-order valence-electron chi connectivity index (χ1n) is 13.2. The number of aliphatic carboxylic acids is 1. The predicted octanol–water partition coefficient (Wildman–Crippen LogP) is 6.59. The number of rotatable bonds is 10. The maximum Gasteiger partial charge on any atom is 0.337 e. The minimum absolute atomic E-state index is 0.294. The number of hydrogen-bond acceptors (Lipinski definition) is 6. The van der Waals surface area contributed by atoms with Crippen molar-refractivity contribution in [3.05, 3.63) is 35.8 Å². The average molecular weight is 498 g/mol. The lowest BCUT2D eigenvalue weighted by Gasteiger charge is -2.42. The largest absolute Gasteiger partial charge is 0.492 e. The van der Waals surface area contributed by atoms with E-state index in [0.717, 1.165) is 67.9 Å². The highest BCUT2D eigenvalue weighted by molar-refractivity contribution is 5.85. The molecule has 7 heteroatoms. The van der Waals surface area contributed by atoms with E-state index < -0.39 is 17.7 Å². The number of carboxylic acids is 1. The fourth-order valence-corrected chi connectivity index (χ4v) is 4.62. The van der Waals surface area contributed by atoms with Crippen molar-refractivity contribution < 1.29 is 19.4 Å². The molecule has 0 aromatic carbocycles. The molecule has 2 aromatic rings. The number of carbonyl (C=O) groups is 1. The van der Waals surface area contributed by atoms with Crippen molar-refractivity contribution in [3.8, 4) is 17.0 Å². The van der Waals surface area contributed by atoms with Gasteiger partial charge in [-0.05, 0) is 64.5 Å². The van der Waals surface area contributed by atoms with Gasteiger partial charge in [0.05, 0.1) is 29.8 Å². The Balaban J connectivity index is 2.11. The molecule has 1 aliphatic rings. The van der Waals surface area contributed by atoms with Gasteiger partial charge in [-0.25, -0.2) is 4.79 Å². The third-order valence-electron chi connectivity index (χ3n) is 7.16. The molecule has 0 unspecified atom stereocenters. The minimum Gasteiger partial charge on any atom is -0.492 e. The third kappa shape index (κ3) is 6.75. The van der Waals surface area contributed by atoms with E-state index in [0.29, 0.717) is 23.3 Å². The van der Waals surface area contributed by atoms with Crippen LogP contribution in [0, 0.1) is 12.3 Å². The molecule has 198 valence electrons. The molecule has 1 N–H and O–H groups in total. The first-order valence-corrected chi connectivity index (χ1v) is 13.2. The molecular weight excluding hydrogens is 454 g/mol. The molecule has 36 heavy (non-hydrogen) atoms. The van der Waals surface area contributed by atoms with E-state index >= 15 is 0 Å². The molecular formula is C29H43N3O4. The lowest BCUT2D eigenvalue weighted by Crippen LogP contribution is -2.40. The standard InChI is InChI=1S/C29H43N3O4/c1-8-10-17-35-21-11-12-23(31-18-21)22-19-30-20(3)24(26(27(33)34)36-28(4,5)6)25(22)32-15-13-29(7,9-2)14-16-32/h11-12,18-19,26H,8-10,13-17H2,1-7H3,(H,33,34)/t26-/m0/s1. The molecule has 3 heterocycles. The first kappa shape index (κ1) is 27.9. The molecule has 1 atom stereocenters. The third-order valence-corrected chi connectivity index (χ3v) is 7.16. The van der Waals surface area contributed by atoms with Gasteiger partial charge in [-0.2, -0.15) is 0 Å². The van der Waals surface area contributed by atoms with Gasteiger partial charge in [-0.15, -0.1) is 0 Å². The van der Waals surface area contributed by atoms with E-state index in [-0.39, 0.29) is 0 Å². The van der Waals surface area contributed by atoms with Gasteiger partial charge in [0.1, 0.15) is 5.75 Å². The number of unbranched alkanes of at least 4 members (excludes halogenated alkanes) is 1. The average Bonchev–Trinajstić information content (AvgIpc) is 2.83. The second-order valence-corrected chi connectivity index (χ2v) is 11.2. The summed E-state index contributed by atoms with van der Waals surface area (Å²) in [6, 6.07) is 3.85. The lowest BCUT2D eigenvalue weighted by atomic mass is 9.78. The van der Waals surface area contributed by atoms with Crippen LogP contribution in [0.2, 0.25) is 0 Å². The SMILES string of the molecule is CCCCOc1ccc(-c2cnc(C)c([C@H](OC(C)(C)C)C(=O)O)c2N2CCC(C)(CC)CC2)nc1. The van der Waals surface area contributed by atoms with Crippen molar-refractivity contribution >= 4 is 11.7 Å². The Kier molecular flexibility index (Phi) is 8.98. The second-order valence-electron chi connectivity index (χ2n) is 11.2. The summed E-state index contributed by atoms with van der Waals surface area (Å²) in [6.45, 7) is 16.6. The van der Waals surface area contributed by atoms with Gasteiger partial charge in [0.2, 0.25) is 0 Å². The minimum atomic E-state index is -1.14. The van der Waals surface area contributed by atoms with Crippen LogP contribution in [-0.2, 0) is 9.53 Å². The van der Waals surface area contributed by atoms with Crippen molar-refractivity contribution in [1.82, 2.24) is 9.97 Å². The zero-order valence-corrected chi connectivity index (χ0v) is 23.1. The Morgan fingerprint density at radius 1 is 1.17 bits per heavy atom. The Morgan fingerprint density at radius 2 is 1.86 bits per heavy atom. The number of aryl methyl sites for hydroxylation is 1. The molecule has 1 fully saturated rings. The number of pyridine rings is 2. The number of anilines is 1. The highest BCUT2D eigenvalue weighted by atomic mass is 16.5. The van der Waals surface area contributed by atoms with E-state index in [1.165, 1.54) is 0 Å². The summed E-state index contributed by atoms with van der Waals surface area (Å²) in [5, 5.41) is 10.3. The zero-order valence-electron chi connectivity index (χ0n) is 23.1. The number of carboxylic acid groups (broad SMARTS) is 1. The monoisotopic (exact) mass is 497 g/mol. The van der Waals surface area contributed by atoms with E-state index in [9.17, 15) is 9.90 Å². The quantitative estimate of drug-likeness (QED) is 0.371. The summed E-state index contributed by atoms with van der Waals surface area (Å²) in [7, 11) is 0. The van der Waals surface area contributed by atoms with E-state index in [1.54, 1.807) is 6.20 Å². The number of nitrogens with zero attached hydrogens (tertiary/aromatic N) is 3. The zero-order chi connectivity index (χ0) is 26.5. The molecule has 1 aliphatic heterocycles. The molecule has 1 saturated heterocycles. The van der Waals surface area contributed by atoms with Crippen LogP contribution in [-0.4, -0.2) is 46.3 Å². The van der Waals surface area contributed by atoms with Gasteiger partial charge in [0.15, 0.2) is 6.10 Å². The van der Waals surface area contributed by atoms with E-state index in [2.05, 4.69) is 30.7 Å². The van der Waals surface area contributed by atoms with Crippen LogP contribution in [0.3, 0.4) is 0 Å². The summed E-state index contributed by atoms with van der Waals surface area (Å²) in [6.07, 6.45) is 7.69. The van der Waals surface area contributed by atoms with Crippen LogP contribution in [0.4, 0.5) is 5.69 Å².